The number of rotatable bonds is 0. The zero-order valence-corrected chi connectivity index (χ0v) is 9.52. The van der Waals surface area contributed by atoms with Gasteiger partial charge in [-0.15, -0.1) is 0 Å². The van der Waals surface area contributed by atoms with E-state index in [2.05, 4.69) is 10.4 Å². The van der Waals surface area contributed by atoms with E-state index >= 15 is 0 Å². The lowest BCUT2D eigenvalue weighted by atomic mass is 10.1. The minimum Gasteiger partial charge on any atom is -0.351 e. The van der Waals surface area contributed by atoms with Crippen LogP contribution in [0.4, 0.5) is 4.79 Å². The third kappa shape index (κ3) is 1.70. The molecule has 1 aromatic heterocycles. The predicted octanol–water partition coefficient (Wildman–Crippen LogP) is 0.241. The van der Waals surface area contributed by atoms with Crippen LogP contribution in [0.1, 0.15) is 23.4 Å². The molecule has 17 heavy (non-hydrogen) atoms. The number of nitrogens with zero attached hydrogens (tertiary/aromatic N) is 3. The highest BCUT2D eigenvalue weighted by molar-refractivity contribution is 5.75. The molecule has 3 rings (SSSR count). The van der Waals surface area contributed by atoms with Gasteiger partial charge in [0.2, 0.25) is 0 Å². The second-order valence-electron chi connectivity index (χ2n) is 4.35. The minimum absolute atomic E-state index is 0.423. The molecule has 0 atom stereocenters. The van der Waals surface area contributed by atoms with Crippen LogP contribution in [-0.2, 0) is 19.6 Å². The third-order valence-corrected chi connectivity index (χ3v) is 3.24. The minimum atomic E-state index is -0.423. The van der Waals surface area contributed by atoms with Gasteiger partial charge in [-0.3, -0.25) is 9.58 Å². The van der Waals surface area contributed by atoms with Crippen LogP contribution in [0.3, 0.4) is 0 Å². The lowest BCUT2D eigenvalue weighted by Gasteiger charge is -2.19. The average Bonchev–Trinajstić information content (AvgIpc) is 2.51. The molecular formula is C11H15N5O. The van der Waals surface area contributed by atoms with E-state index in [4.69, 9.17) is 5.73 Å². The lowest BCUT2D eigenvalue weighted by molar-refractivity contribution is 0.223. The molecule has 0 unspecified atom stereocenters. The van der Waals surface area contributed by atoms with Crippen molar-refractivity contribution in [2.75, 3.05) is 6.54 Å². The number of nitrogens with one attached hydrogen (secondary N) is 1. The fourth-order valence-corrected chi connectivity index (χ4v) is 2.34. The van der Waals surface area contributed by atoms with E-state index in [0.29, 0.717) is 6.54 Å². The molecule has 0 bridgehead atoms. The average molecular weight is 233 g/mol. The van der Waals surface area contributed by atoms with Crippen molar-refractivity contribution in [3.63, 3.8) is 0 Å². The lowest BCUT2D eigenvalue weighted by Crippen LogP contribution is -2.32. The number of hydrogen-bond donors (Lipinski definition) is 2. The summed E-state index contributed by atoms with van der Waals surface area (Å²) in [7, 11) is 0. The maximum atomic E-state index is 11.2. The number of fused-ring (bicyclic) bond motifs is 3. The number of nitrogens with two attached hydrogens (primary N) is 1. The summed E-state index contributed by atoms with van der Waals surface area (Å²) in [6.45, 7) is 3.27. The van der Waals surface area contributed by atoms with Crippen molar-refractivity contribution >= 4 is 12.1 Å². The number of carbonyl (C=O) groups excluding carboxylic acids is 1. The van der Waals surface area contributed by atoms with E-state index in [0.717, 1.165) is 37.3 Å². The Bertz CT molecular complexity index is 490. The highest BCUT2D eigenvalue weighted by Gasteiger charge is 2.23. The monoisotopic (exact) mass is 233 g/mol. The van der Waals surface area contributed by atoms with E-state index in [1.807, 2.05) is 10.8 Å². The molecule has 0 saturated carbocycles. The Morgan fingerprint density at radius 1 is 1.53 bits per heavy atom. The van der Waals surface area contributed by atoms with Crippen LogP contribution in [-0.4, -0.2) is 27.3 Å². The van der Waals surface area contributed by atoms with Gasteiger partial charge in [0.15, 0.2) is 0 Å². The Balaban J connectivity index is 1.99. The summed E-state index contributed by atoms with van der Waals surface area (Å²) in [5, 5.41) is 7.92. The Labute approximate surface area is 99.1 Å². The maximum absolute atomic E-state index is 11.2. The fraction of sp³-hybridized carbons (Fsp3) is 0.455. The van der Waals surface area contributed by atoms with Crippen molar-refractivity contribution in [1.82, 2.24) is 20.0 Å². The normalized spacial score (nSPS) is 18.5. The zero-order chi connectivity index (χ0) is 11.8. The van der Waals surface area contributed by atoms with Crippen molar-refractivity contribution in [3.05, 3.63) is 23.2 Å². The molecule has 1 aromatic rings. The first-order chi connectivity index (χ1) is 8.25. The van der Waals surface area contributed by atoms with E-state index in [1.165, 1.54) is 10.6 Å². The second kappa shape index (κ2) is 3.89. The molecule has 2 aliphatic heterocycles. The van der Waals surface area contributed by atoms with Crippen LogP contribution in [0.15, 0.2) is 6.20 Å². The molecule has 0 radical (unpaired) electrons. The summed E-state index contributed by atoms with van der Waals surface area (Å²) in [6.07, 6.45) is 4.63. The van der Waals surface area contributed by atoms with Crippen molar-refractivity contribution < 1.29 is 4.79 Å². The van der Waals surface area contributed by atoms with Gasteiger partial charge in [0.1, 0.15) is 0 Å². The molecule has 0 saturated heterocycles. The number of primary amides is 1. The number of aromatic nitrogens is 2. The summed E-state index contributed by atoms with van der Waals surface area (Å²) in [5.74, 6) is 0. The standard InChI is InChI=1S/C11H15N5O/c12-11(17)15-5-2-9-8(7-15)10-6-13-3-1-4-16(10)14-9/h2,5,13H,1,3-4,6-7H2,(H2,12,17). The zero-order valence-electron chi connectivity index (χ0n) is 9.52. The number of amides is 2. The van der Waals surface area contributed by atoms with Crippen LogP contribution in [0.25, 0.3) is 6.08 Å². The SMILES string of the molecule is NC(=O)N1C=Cc2nn3c(c2C1)CNCCC3. The molecule has 90 valence electrons. The first-order valence-electron chi connectivity index (χ1n) is 5.79. The highest BCUT2D eigenvalue weighted by atomic mass is 16.2. The van der Waals surface area contributed by atoms with Gasteiger partial charge in [0.05, 0.1) is 17.9 Å². The molecule has 0 spiro atoms. The molecule has 3 N–H and O–H groups in total. The third-order valence-electron chi connectivity index (χ3n) is 3.24. The molecular weight excluding hydrogens is 218 g/mol. The van der Waals surface area contributed by atoms with Crippen LogP contribution in [0.2, 0.25) is 0 Å². The summed E-state index contributed by atoms with van der Waals surface area (Å²) < 4.78 is 2.04. The molecule has 0 aliphatic carbocycles. The fourth-order valence-electron chi connectivity index (χ4n) is 2.34. The maximum Gasteiger partial charge on any atom is 0.319 e. The highest BCUT2D eigenvalue weighted by Crippen LogP contribution is 2.23. The summed E-state index contributed by atoms with van der Waals surface area (Å²) in [4.78, 5) is 12.7. The first kappa shape index (κ1) is 10.3. The van der Waals surface area contributed by atoms with Crippen LogP contribution in [0.5, 0.6) is 0 Å². The largest absolute Gasteiger partial charge is 0.351 e. The van der Waals surface area contributed by atoms with Crippen LogP contribution < -0.4 is 11.1 Å². The van der Waals surface area contributed by atoms with Gasteiger partial charge in [0.25, 0.3) is 0 Å². The summed E-state index contributed by atoms with van der Waals surface area (Å²) in [5.41, 5.74) is 8.54. The van der Waals surface area contributed by atoms with Gasteiger partial charge in [-0.2, -0.15) is 5.10 Å². The number of carbonyl (C=O) groups is 1. The Hall–Kier alpha value is -1.82. The Morgan fingerprint density at radius 2 is 2.41 bits per heavy atom. The van der Waals surface area contributed by atoms with E-state index in [-0.39, 0.29) is 0 Å². The Kier molecular flexibility index (Phi) is 2.36. The van der Waals surface area contributed by atoms with E-state index in [1.54, 1.807) is 6.20 Å². The summed E-state index contributed by atoms with van der Waals surface area (Å²) in [6, 6.07) is -0.423. The van der Waals surface area contributed by atoms with Crippen molar-refractivity contribution in [2.45, 2.75) is 26.1 Å². The molecule has 2 amide bonds. The molecule has 6 heteroatoms. The molecule has 3 heterocycles. The quantitative estimate of drug-likeness (QED) is 0.674. The number of urea groups is 1. The van der Waals surface area contributed by atoms with Gasteiger partial charge < -0.3 is 11.1 Å². The summed E-state index contributed by atoms with van der Waals surface area (Å²) >= 11 is 0. The van der Waals surface area contributed by atoms with Crippen LogP contribution in [0, 0.1) is 0 Å². The first-order valence-corrected chi connectivity index (χ1v) is 5.79. The smallest absolute Gasteiger partial charge is 0.319 e. The predicted molar refractivity (Wildman–Crippen MR) is 62.7 cm³/mol. The van der Waals surface area contributed by atoms with Crippen LogP contribution >= 0.6 is 0 Å². The Morgan fingerprint density at radius 3 is 3.24 bits per heavy atom. The number of aryl methyl sites for hydroxylation is 1. The van der Waals surface area contributed by atoms with Crippen molar-refractivity contribution in [1.29, 1.82) is 0 Å². The van der Waals surface area contributed by atoms with Gasteiger partial charge in [-0.25, -0.2) is 4.79 Å². The second-order valence-corrected chi connectivity index (χ2v) is 4.35. The number of hydrogen-bond acceptors (Lipinski definition) is 3. The van der Waals surface area contributed by atoms with E-state index < -0.39 is 6.03 Å². The topological polar surface area (TPSA) is 76.2 Å². The van der Waals surface area contributed by atoms with E-state index in [9.17, 15) is 4.79 Å². The van der Waals surface area contributed by atoms with Gasteiger partial charge in [-0.05, 0) is 19.0 Å². The molecule has 0 fully saturated rings. The molecule has 2 aliphatic rings. The van der Waals surface area contributed by atoms with Crippen molar-refractivity contribution in [3.8, 4) is 0 Å². The molecule has 6 nitrogen and oxygen atoms in total. The van der Waals surface area contributed by atoms with Gasteiger partial charge >= 0.3 is 6.03 Å². The van der Waals surface area contributed by atoms with Crippen molar-refractivity contribution in [2.24, 2.45) is 5.73 Å². The van der Waals surface area contributed by atoms with Gasteiger partial charge in [0, 0.05) is 24.9 Å². The van der Waals surface area contributed by atoms with Gasteiger partial charge in [-0.1, -0.05) is 0 Å². The molecule has 0 aromatic carbocycles.